The van der Waals surface area contributed by atoms with Crippen LogP contribution in [0.1, 0.15) is 35.5 Å². The van der Waals surface area contributed by atoms with Crippen molar-refractivity contribution < 1.29 is 9.90 Å². The van der Waals surface area contributed by atoms with Crippen LogP contribution in [0.2, 0.25) is 10.2 Å². The standard InChI is InChI=1S/C15H16Cl2N2O2/c1-9(2)7-12-13(15(20)21)14(17)19(18-12)8-10-5-3-4-6-11(10)16/h3-6,9H,7-8H2,1-2H3,(H,20,21). The molecule has 0 saturated carbocycles. The summed E-state index contributed by atoms with van der Waals surface area (Å²) in [6, 6.07) is 7.35. The molecule has 0 unspecified atom stereocenters. The first-order chi connectivity index (χ1) is 9.90. The molecule has 0 radical (unpaired) electrons. The summed E-state index contributed by atoms with van der Waals surface area (Å²) in [5.74, 6) is -0.760. The van der Waals surface area contributed by atoms with Crippen molar-refractivity contribution in [1.29, 1.82) is 0 Å². The first-order valence-corrected chi connectivity index (χ1v) is 7.37. The molecule has 0 aliphatic rings. The number of aromatic nitrogens is 2. The minimum atomic E-state index is -1.05. The molecule has 0 fully saturated rings. The number of hydrogen-bond acceptors (Lipinski definition) is 2. The molecule has 2 rings (SSSR count). The lowest BCUT2D eigenvalue weighted by molar-refractivity contribution is 0.0695. The molecule has 0 saturated heterocycles. The predicted octanol–water partition coefficient (Wildman–Crippen LogP) is 4.13. The van der Waals surface area contributed by atoms with Crippen LogP contribution in [0, 0.1) is 5.92 Å². The van der Waals surface area contributed by atoms with Gasteiger partial charge in [-0.1, -0.05) is 55.2 Å². The topological polar surface area (TPSA) is 55.1 Å². The molecule has 6 heteroatoms. The van der Waals surface area contributed by atoms with Crippen LogP contribution in [-0.2, 0) is 13.0 Å². The van der Waals surface area contributed by atoms with Gasteiger partial charge in [-0.2, -0.15) is 5.10 Å². The molecular formula is C15H16Cl2N2O2. The Morgan fingerprint density at radius 3 is 2.57 bits per heavy atom. The lowest BCUT2D eigenvalue weighted by atomic mass is 10.1. The summed E-state index contributed by atoms with van der Waals surface area (Å²) in [4.78, 5) is 11.4. The fourth-order valence-electron chi connectivity index (χ4n) is 2.12. The van der Waals surface area contributed by atoms with E-state index in [-0.39, 0.29) is 10.7 Å². The average molecular weight is 327 g/mol. The molecule has 0 aliphatic heterocycles. The highest BCUT2D eigenvalue weighted by atomic mass is 35.5. The van der Waals surface area contributed by atoms with E-state index < -0.39 is 5.97 Å². The van der Waals surface area contributed by atoms with Crippen LogP contribution < -0.4 is 0 Å². The van der Waals surface area contributed by atoms with E-state index in [1.165, 1.54) is 4.68 Å². The Balaban J connectivity index is 2.41. The van der Waals surface area contributed by atoms with Crippen LogP contribution in [0.25, 0.3) is 0 Å². The maximum Gasteiger partial charge on any atom is 0.340 e. The fraction of sp³-hybridized carbons (Fsp3) is 0.333. The van der Waals surface area contributed by atoms with E-state index in [0.29, 0.717) is 29.6 Å². The summed E-state index contributed by atoms with van der Waals surface area (Å²) >= 11 is 12.3. The molecule has 1 aromatic carbocycles. The second kappa shape index (κ2) is 6.50. The van der Waals surface area contributed by atoms with Gasteiger partial charge in [0.05, 0.1) is 12.2 Å². The number of carboxylic acids is 1. The number of carboxylic acid groups (broad SMARTS) is 1. The quantitative estimate of drug-likeness (QED) is 0.898. The van der Waals surface area contributed by atoms with Crippen molar-refractivity contribution in [3.63, 3.8) is 0 Å². The number of aromatic carboxylic acids is 1. The van der Waals surface area contributed by atoms with Crippen molar-refractivity contribution in [2.24, 2.45) is 5.92 Å². The monoisotopic (exact) mass is 326 g/mol. The smallest absolute Gasteiger partial charge is 0.340 e. The van der Waals surface area contributed by atoms with E-state index in [2.05, 4.69) is 5.10 Å². The van der Waals surface area contributed by atoms with E-state index in [1.54, 1.807) is 6.07 Å². The van der Waals surface area contributed by atoms with Gasteiger partial charge >= 0.3 is 5.97 Å². The van der Waals surface area contributed by atoms with Gasteiger partial charge in [-0.3, -0.25) is 0 Å². The molecule has 0 spiro atoms. The Morgan fingerprint density at radius 1 is 1.33 bits per heavy atom. The molecule has 112 valence electrons. The number of halogens is 2. The van der Waals surface area contributed by atoms with Crippen molar-refractivity contribution in [2.75, 3.05) is 0 Å². The third-order valence-electron chi connectivity index (χ3n) is 3.06. The minimum Gasteiger partial charge on any atom is -0.478 e. The highest BCUT2D eigenvalue weighted by Gasteiger charge is 2.23. The fourth-order valence-corrected chi connectivity index (χ4v) is 2.60. The van der Waals surface area contributed by atoms with Crippen LogP contribution in [-0.4, -0.2) is 20.9 Å². The Bertz CT molecular complexity index is 666. The summed E-state index contributed by atoms with van der Waals surface area (Å²) < 4.78 is 1.49. The Kier molecular flexibility index (Phi) is 4.91. The first kappa shape index (κ1) is 15.9. The number of rotatable bonds is 5. The van der Waals surface area contributed by atoms with E-state index in [0.717, 1.165) is 5.56 Å². The van der Waals surface area contributed by atoms with E-state index >= 15 is 0 Å². The molecule has 0 atom stereocenters. The molecule has 1 N–H and O–H groups in total. The lowest BCUT2D eigenvalue weighted by Gasteiger charge is -2.05. The summed E-state index contributed by atoms with van der Waals surface area (Å²) in [7, 11) is 0. The van der Waals surface area contributed by atoms with E-state index in [1.807, 2.05) is 32.0 Å². The van der Waals surface area contributed by atoms with E-state index in [4.69, 9.17) is 23.2 Å². The van der Waals surface area contributed by atoms with Crippen molar-refractivity contribution in [2.45, 2.75) is 26.8 Å². The highest BCUT2D eigenvalue weighted by molar-refractivity contribution is 6.33. The average Bonchev–Trinajstić information content (AvgIpc) is 2.68. The van der Waals surface area contributed by atoms with Crippen LogP contribution in [0.4, 0.5) is 0 Å². The van der Waals surface area contributed by atoms with Crippen LogP contribution in [0.3, 0.4) is 0 Å². The number of nitrogens with zero attached hydrogens (tertiary/aromatic N) is 2. The lowest BCUT2D eigenvalue weighted by Crippen LogP contribution is -2.04. The third-order valence-corrected chi connectivity index (χ3v) is 3.81. The zero-order valence-corrected chi connectivity index (χ0v) is 13.3. The van der Waals surface area contributed by atoms with Gasteiger partial charge in [-0.05, 0) is 24.0 Å². The van der Waals surface area contributed by atoms with Gasteiger partial charge in [0.15, 0.2) is 0 Å². The normalized spacial score (nSPS) is 11.1. The van der Waals surface area contributed by atoms with Crippen LogP contribution in [0.15, 0.2) is 24.3 Å². The van der Waals surface area contributed by atoms with Crippen molar-refractivity contribution >= 4 is 29.2 Å². The summed E-state index contributed by atoms with van der Waals surface area (Å²) in [5, 5.41) is 14.4. The predicted molar refractivity (Wildman–Crippen MR) is 83.3 cm³/mol. The molecule has 2 aromatic rings. The molecule has 1 aromatic heterocycles. The molecule has 0 aliphatic carbocycles. The molecule has 4 nitrogen and oxygen atoms in total. The first-order valence-electron chi connectivity index (χ1n) is 6.62. The van der Waals surface area contributed by atoms with Gasteiger partial charge in [0, 0.05) is 5.02 Å². The Labute approximate surface area is 133 Å². The minimum absolute atomic E-state index is 0.0809. The third kappa shape index (κ3) is 3.57. The molecule has 21 heavy (non-hydrogen) atoms. The zero-order chi connectivity index (χ0) is 15.6. The van der Waals surface area contributed by atoms with Crippen LogP contribution >= 0.6 is 23.2 Å². The maximum atomic E-state index is 11.4. The number of benzene rings is 1. The van der Waals surface area contributed by atoms with Gasteiger partial charge in [0.25, 0.3) is 0 Å². The Hall–Kier alpha value is -1.52. The van der Waals surface area contributed by atoms with Gasteiger partial charge in [-0.15, -0.1) is 0 Å². The second-order valence-electron chi connectivity index (χ2n) is 5.26. The van der Waals surface area contributed by atoms with Gasteiger partial charge in [0.1, 0.15) is 10.7 Å². The number of carbonyl (C=O) groups is 1. The summed E-state index contributed by atoms with van der Waals surface area (Å²) in [5.41, 5.74) is 1.43. The molecular weight excluding hydrogens is 311 g/mol. The largest absolute Gasteiger partial charge is 0.478 e. The van der Waals surface area contributed by atoms with Gasteiger partial charge in [-0.25, -0.2) is 9.48 Å². The summed E-state index contributed by atoms with van der Waals surface area (Å²) in [6.07, 6.45) is 0.566. The second-order valence-corrected chi connectivity index (χ2v) is 6.03. The van der Waals surface area contributed by atoms with Gasteiger partial charge < -0.3 is 5.11 Å². The van der Waals surface area contributed by atoms with Crippen molar-refractivity contribution in [3.05, 3.63) is 51.3 Å². The highest BCUT2D eigenvalue weighted by Crippen LogP contribution is 2.25. The van der Waals surface area contributed by atoms with E-state index in [9.17, 15) is 9.90 Å². The molecule has 0 amide bonds. The summed E-state index contributed by atoms with van der Waals surface area (Å²) in [6.45, 7) is 4.36. The maximum absolute atomic E-state index is 11.4. The van der Waals surface area contributed by atoms with Crippen LogP contribution in [0.5, 0.6) is 0 Å². The molecule has 1 heterocycles. The van der Waals surface area contributed by atoms with Crippen molar-refractivity contribution in [3.8, 4) is 0 Å². The molecule has 0 bridgehead atoms. The Morgan fingerprint density at radius 2 is 2.00 bits per heavy atom. The van der Waals surface area contributed by atoms with Crippen molar-refractivity contribution in [1.82, 2.24) is 9.78 Å². The SMILES string of the molecule is CC(C)Cc1nn(Cc2ccccc2Cl)c(Cl)c1C(=O)O. The zero-order valence-electron chi connectivity index (χ0n) is 11.8. The number of hydrogen-bond donors (Lipinski definition) is 1. The van der Waals surface area contributed by atoms with Gasteiger partial charge in [0.2, 0.25) is 0 Å².